The third-order valence-electron chi connectivity index (χ3n) is 4.50. The Labute approximate surface area is 164 Å². The van der Waals surface area contributed by atoms with Gasteiger partial charge in [0.15, 0.2) is 11.5 Å². The summed E-state index contributed by atoms with van der Waals surface area (Å²) in [7, 11) is 3.13. The number of carboxylic acids is 1. The predicted molar refractivity (Wildman–Crippen MR) is 110 cm³/mol. The molecule has 0 heterocycles. The average Bonchev–Trinajstić information content (AvgIpc) is 2.73. The Morgan fingerprint density at radius 2 is 1.61 bits per heavy atom. The van der Waals surface area contributed by atoms with Crippen LogP contribution in [0.25, 0.3) is 11.1 Å². The minimum absolute atomic E-state index is 0.0644. The van der Waals surface area contributed by atoms with Crippen molar-refractivity contribution < 1.29 is 19.4 Å². The molecule has 0 saturated heterocycles. The highest BCUT2D eigenvalue weighted by atomic mass is 16.5. The largest absolute Gasteiger partial charge is 0.493 e. The van der Waals surface area contributed by atoms with Crippen LogP contribution >= 0.6 is 0 Å². The Hall–Kier alpha value is -3.47. The number of methoxy groups -OCH3 is 2. The number of hydrogen-bond donors (Lipinski definition) is 2. The van der Waals surface area contributed by atoms with Gasteiger partial charge in [0.1, 0.15) is 0 Å². The first-order valence-corrected chi connectivity index (χ1v) is 8.96. The van der Waals surface area contributed by atoms with E-state index in [1.807, 2.05) is 60.7 Å². The van der Waals surface area contributed by atoms with Gasteiger partial charge in [0.05, 0.1) is 26.7 Å². The van der Waals surface area contributed by atoms with Gasteiger partial charge in [-0.05, 0) is 41.0 Å². The van der Waals surface area contributed by atoms with E-state index in [9.17, 15) is 9.90 Å². The Bertz CT molecular complexity index is 940. The number of rotatable bonds is 8. The number of ether oxygens (including phenoxy) is 2. The summed E-state index contributed by atoms with van der Waals surface area (Å²) in [6.45, 7) is 0. The van der Waals surface area contributed by atoms with E-state index in [0.717, 1.165) is 22.4 Å². The van der Waals surface area contributed by atoms with Crippen LogP contribution in [0.4, 0.5) is 5.69 Å². The molecule has 0 radical (unpaired) electrons. The molecule has 5 nitrogen and oxygen atoms in total. The molecule has 0 aliphatic heterocycles. The van der Waals surface area contributed by atoms with Gasteiger partial charge in [0.25, 0.3) is 0 Å². The topological polar surface area (TPSA) is 67.8 Å². The molecule has 0 bridgehead atoms. The number of carboxylic acid groups (broad SMARTS) is 1. The van der Waals surface area contributed by atoms with E-state index in [1.54, 1.807) is 26.4 Å². The predicted octanol–water partition coefficient (Wildman–Crippen LogP) is 5.00. The zero-order chi connectivity index (χ0) is 19.9. The first-order valence-electron chi connectivity index (χ1n) is 8.96. The first kappa shape index (κ1) is 19.3. The fraction of sp³-hybridized carbons (Fsp3) is 0.174. The van der Waals surface area contributed by atoms with Crippen LogP contribution in [-0.2, 0) is 4.79 Å². The average molecular weight is 377 g/mol. The van der Waals surface area contributed by atoms with Crippen LogP contribution in [-0.4, -0.2) is 25.3 Å². The number of aliphatic carboxylic acids is 1. The standard InChI is InChI=1S/C23H23NO4/c1-27-21-12-11-18(14-22(21)28-2)20(15-23(25)26)24-19-10-6-9-17(13-19)16-7-4-3-5-8-16/h3-14,20,24H,15H2,1-2H3,(H,25,26). The molecule has 0 fully saturated rings. The first-order chi connectivity index (χ1) is 13.6. The SMILES string of the molecule is COc1ccc(C(CC(=O)O)Nc2cccc(-c3ccccc3)c2)cc1OC. The molecule has 5 heteroatoms. The van der Waals surface area contributed by atoms with Crippen molar-refractivity contribution in [3.63, 3.8) is 0 Å². The van der Waals surface area contributed by atoms with E-state index in [2.05, 4.69) is 5.32 Å². The Morgan fingerprint density at radius 1 is 0.893 bits per heavy atom. The normalized spacial score (nSPS) is 11.5. The van der Waals surface area contributed by atoms with Gasteiger partial charge in [0.2, 0.25) is 0 Å². The third-order valence-corrected chi connectivity index (χ3v) is 4.50. The zero-order valence-corrected chi connectivity index (χ0v) is 15.9. The lowest BCUT2D eigenvalue weighted by Gasteiger charge is -2.20. The highest BCUT2D eigenvalue weighted by Crippen LogP contribution is 2.33. The second kappa shape index (κ2) is 8.95. The zero-order valence-electron chi connectivity index (χ0n) is 15.9. The van der Waals surface area contributed by atoms with Crippen molar-refractivity contribution in [2.45, 2.75) is 12.5 Å². The van der Waals surface area contributed by atoms with Crippen molar-refractivity contribution in [3.8, 4) is 22.6 Å². The van der Waals surface area contributed by atoms with Crippen molar-refractivity contribution in [3.05, 3.63) is 78.4 Å². The van der Waals surface area contributed by atoms with Crippen molar-refractivity contribution >= 4 is 11.7 Å². The molecule has 28 heavy (non-hydrogen) atoms. The van der Waals surface area contributed by atoms with E-state index >= 15 is 0 Å². The van der Waals surface area contributed by atoms with E-state index in [4.69, 9.17) is 9.47 Å². The maximum Gasteiger partial charge on any atom is 0.305 e. The minimum atomic E-state index is -0.883. The molecule has 3 aromatic carbocycles. The van der Waals surface area contributed by atoms with Crippen LogP contribution in [0.1, 0.15) is 18.0 Å². The quantitative estimate of drug-likeness (QED) is 0.578. The van der Waals surface area contributed by atoms with Crippen molar-refractivity contribution in [2.75, 3.05) is 19.5 Å². The summed E-state index contributed by atoms with van der Waals surface area (Å²) >= 11 is 0. The second-order valence-corrected chi connectivity index (χ2v) is 6.36. The molecule has 0 aliphatic rings. The Kier molecular flexibility index (Phi) is 6.17. The molecule has 3 aromatic rings. The van der Waals surface area contributed by atoms with Crippen LogP contribution in [0.2, 0.25) is 0 Å². The number of nitrogens with one attached hydrogen (secondary N) is 1. The Balaban J connectivity index is 1.91. The number of carbonyl (C=O) groups is 1. The summed E-state index contributed by atoms with van der Waals surface area (Å²) < 4.78 is 10.6. The molecule has 0 aliphatic carbocycles. The highest BCUT2D eigenvalue weighted by molar-refractivity contribution is 5.71. The van der Waals surface area contributed by atoms with Gasteiger partial charge in [-0.3, -0.25) is 4.79 Å². The van der Waals surface area contributed by atoms with Gasteiger partial charge in [-0.2, -0.15) is 0 Å². The van der Waals surface area contributed by atoms with Gasteiger partial charge >= 0.3 is 5.97 Å². The van der Waals surface area contributed by atoms with Gasteiger partial charge < -0.3 is 19.9 Å². The fourth-order valence-corrected chi connectivity index (χ4v) is 3.12. The maximum atomic E-state index is 11.4. The summed E-state index contributed by atoms with van der Waals surface area (Å²) in [5, 5.41) is 12.7. The van der Waals surface area contributed by atoms with Crippen LogP contribution in [0.5, 0.6) is 11.5 Å². The number of benzene rings is 3. The number of anilines is 1. The fourth-order valence-electron chi connectivity index (χ4n) is 3.12. The van der Waals surface area contributed by atoms with E-state index in [-0.39, 0.29) is 6.42 Å². The van der Waals surface area contributed by atoms with E-state index < -0.39 is 12.0 Å². The molecule has 1 atom stereocenters. The van der Waals surface area contributed by atoms with E-state index in [1.165, 1.54) is 0 Å². The highest BCUT2D eigenvalue weighted by Gasteiger charge is 2.18. The van der Waals surface area contributed by atoms with Crippen LogP contribution in [0.15, 0.2) is 72.8 Å². The lowest BCUT2D eigenvalue weighted by atomic mass is 10.0. The smallest absolute Gasteiger partial charge is 0.305 e. The van der Waals surface area contributed by atoms with Gasteiger partial charge in [0, 0.05) is 5.69 Å². The molecule has 0 aromatic heterocycles. The summed E-state index contributed by atoms with van der Waals surface area (Å²) in [5.41, 5.74) is 3.83. The maximum absolute atomic E-state index is 11.4. The molecular formula is C23H23NO4. The molecule has 0 saturated carbocycles. The molecular weight excluding hydrogens is 354 g/mol. The molecule has 2 N–H and O–H groups in total. The third kappa shape index (κ3) is 4.62. The van der Waals surface area contributed by atoms with Crippen LogP contribution in [0, 0.1) is 0 Å². The van der Waals surface area contributed by atoms with Crippen LogP contribution < -0.4 is 14.8 Å². The van der Waals surface area contributed by atoms with Crippen molar-refractivity contribution in [2.24, 2.45) is 0 Å². The van der Waals surface area contributed by atoms with Gasteiger partial charge in [-0.15, -0.1) is 0 Å². The molecule has 144 valence electrons. The molecule has 1 unspecified atom stereocenters. The second-order valence-electron chi connectivity index (χ2n) is 6.36. The molecule has 0 spiro atoms. The molecule has 3 rings (SSSR count). The summed E-state index contributed by atoms with van der Waals surface area (Å²) in [6, 6.07) is 23.0. The Morgan fingerprint density at radius 3 is 2.29 bits per heavy atom. The van der Waals surface area contributed by atoms with Crippen molar-refractivity contribution in [1.82, 2.24) is 0 Å². The lowest BCUT2D eigenvalue weighted by Crippen LogP contribution is -2.15. The lowest BCUT2D eigenvalue weighted by molar-refractivity contribution is -0.137. The van der Waals surface area contributed by atoms with Gasteiger partial charge in [-0.1, -0.05) is 48.5 Å². The monoisotopic (exact) mass is 377 g/mol. The molecule has 0 amide bonds. The summed E-state index contributed by atoms with van der Waals surface area (Å²) in [5.74, 6) is 0.285. The van der Waals surface area contributed by atoms with Gasteiger partial charge in [-0.25, -0.2) is 0 Å². The minimum Gasteiger partial charge on any atom is -0.493 e. The van der Waals surface area contributed by atoms with Crippen molar-refractivity contribution in [1.29, 1.82) is 0 Å². The van der Waals surface area contributed by atoms with Crippen LogP contribution in [0.3, 0.4) is 0 Å². The summed E-state index contributed by atoms with van der Waals surface area (Å²) in [6.07, 6.45) is -0.0644. The van der Waals surface area contributed by atoms with E-state index in [0.29, 0.717) is 11.5 Å². The number of hydrogen-bond acceptors (Lipinski definition) is 4. The summed E-state index contributed by atoms with van der Waals surface area (Å²) in [4.78, 5) is 11.4.